The van der Waals surface area contributed by atoms with Gasteiger partial charge < -0.3 is 19.5 Å². The second-order valence-electron chi connectivity index (χ2n) is 5.74. The first-order valence-electron chi connectivity index (χ1n) is 7.91. The van der Waals surface area contributed by atoms with E-state index in [4.69, 9.17) is 9.15 Å². The summed E-state index contributed by atoms with van der Waals surface area (Å²) in [6.45, 7) is 4.14. The van der Waals surface area contributed by atoms with Gasteiger partial charge in [0.15, 0.2) is 5.76 Å². The number of ether oxygens (including phenoxy) is 1. The van der Waals surface area contributed by atoms with E-state index in [1.54, 1.807) is 12.1 Å². The summed E-state index contributed by atoms with van der Waals surface area (Å²) in [5.74, 6) is 0.932. The molecule has 3 heterocycles. The van der Waals surface area contributed by atoms with Crippen LogP contribution >= 0.6 is 0 Å². The number of imidazole rings is 1. The van der Waals surface area contributed by atoms with Crippen molar-refractivity contribution in [3.05, 3.63) is 48.2 Å². The predicted molar refractivity (Wildman–Crippen MR) is 88.9 cm³/mol. The van der Waals surface area contributed by atoms with Gasteiger partial charge in [-0.05, 0) is 30.3 Å². The molecule has 124 valence electrons. The summed E-state index contributed by atoms with van der Waals surface area (Å²) in [5.41, 5.74) is 2.48. The van der Waals surface area contributed by atoms with E-state index in [-0.39, 0.29) is 11.7 Å². The lowest BCUT2D eigenvalue weighted by Crippen LogP contribution is -2.35. The van der Waals surface area contributed by atoms with Crippen LogP contribution in [0.4, 0.5) is 5.69 Å². The number of H-pyrrole nitrogens is 1. The molecule has 0 spiro atoms. The van der Waals surface area contributed by atoms with Crippen molar-refractivity contribution in [3.63, 3.8) is 0 Å². The van der Waals surface area contributed by atoms with Crippen molar-refractivity contribution in [3.8, 4) is 0 Å². The number of furan rings is 1. The van der Waals surface area contributed by atoms with Crippen LogP contribution in [0.15, 0.2) is 41.0 Å². The lowest BCUT2D eigenvalue weighted by Gasteiger charge is -2.25. The van der Waals surface area contributed by atoms with Crippen molar-refractivity contribution in [1.82, 2.24) is 14.9 Å². The number of anilines is 1. The third-order valence-electron chi connectivity index (χ3n) is 4.01. The van der Waals surface area contributed by atoms with E-state index in [1.165, 1.54) is 6.26 Å². The molecule has 0 unspecified atom stereocenters. The van der Waals surface area contributed by atoms with E-state index < -0.39 is 0 Å². The molecule has 1 saturated heterocycles. The molecule has 1 aromatic carbocycles. The van der Waals surface area contributed by atoms with E-state index >= 15 is 0 Å². The molecule has 7 heteroatoms. The third-order valence-corrected chi connectivity index (χ3v) is 4.01. The molecule has 24 heavy (non-hydrogen) atoms. The maximum atomic E-state index is 12.0. The molecule has 2 aromatic heterocycles. The summed E-state index contributed by atoms with van der Waals surface area (Å²) in [5, 5.41) is 2.82. The fraction of sp³-hybridized carbons (Fsp3) is 0.294. The Morgan fingerprint density at radius 1 is 1.29 bits per heavy atom. The molecule has 1 fully saturated rings. The average Bonchev–Trinajstić information content (AvgIpc) is 3.24. The predicted octanol–water partition coefficient (Wildman–Crippen LogP) is 2.24. The van der Waals surface area contributed by atoms with Gasteiger partial charge in [0, 0.05) is 18.8 Å². The molecule has 0 saturated carbocycles. The van der Waals surface area contributed by atoms with Gasteiger partial charge in [-0.2, -0.15) is 0 Å². The molecule has 4 rings (SSSR count). The van der Waals surface area contributed by atoms with Crippen LogP contribution in [0, 0.1) is 0 Å². The summed E-state index contributed by atoms with van der Waals surface area (Å²) in [4.78, 5) is 22.3. The number of fused-ring (bicyclic) bond motifs is 1. The van der Waals surface area contributed by atoms with Crippen LogP contribution in [-0.2, 0) is 11.3 Å². The molecular formula is C17H18N4O3. The van der Waals surface area contributed by atoms with E-state index in [1.807, 2.05) is 18.2 Å². The van der Waals surface area contributed by atoms with E-state index in [2.05, 4.69) is 20.2 Å². The number of nitrogens with zero attached hydrogens (tertiary/aromatic N) is 2. The zero-order chi connectivity index (χ0) is 16.4. The van der Waals surface area contributed by atoms with Gasteiger partial charge in [-0.1, -0.05) is 0 Å². The van der Waals surface area contributed by atoms with Crippen LogP contribution in [0.1, 0.15) is 16.4 Å². The number of hydrogen-bond donors (Lipinski definition) is 2. The van der Waals surface area contributed by atoms with Crippen molar-refractivity contribution in [2.45, 2.75) is 6.54 Å². The minimum atomic E-state index is -0.271. The van der Waals surface area contributed by atoms with Crippen LogP contribution in [0.2, 0.25) is 0 Å². The first-order valence-corrected chi connectivity index (χ1v) is 7.91. The normalized spacial score (nSPS) is 15.7. The van der Waals surface area contributed by atoms with Crippen LogP contribution in [0.25, 0.3) is 11.0 Å². The Morgan fingerprint density at radius 2 is 2.17 bits per heavy atom. The number of carbonyl (C=O) groups is 1. The van der Waals surface area contributed by atoms with Crippen LogP contribution < -0.4 is 5.32 Å². The third kappa shape index (κ3) is 3.17. The Bertz CT molecular complexity index is 835. The molecule has 0 radical (unpaired) electrons. The molecule has 0 bridgehead atoms. The highest BCUT2D eigenvalue weighted by Gasteiger charge is 2.14. The Labute approximate surface area is 138 Å². The molecule has 1 aliphatic rings. The number of aromatic nitrogens is 2. The van der Waals surface area contributed by atoms with Crippen molar-refractivity contribution < 1.29 is 13.9 Å². The van der Waals surface area contributed by atoms with Crippen molar-refractivity contribution in [2.24, 2.45) is 0 Å². The van der Waals surface area contributed by atoms with Gasteiger partial charge in [0.1, 0.15) is 5.82 Å². The Kier molecular flexibility index (Phi) is 4.02. The first kappa shape index (κ1) is 14.9. The van der Waals surface area contributed by atoms with E-state index in [0.29, 0.717) is 5.69 Å². The fourth-order valence-electron chi connectivity index (χ4n) is 2.79. The molecule has 2 N–H and O–H groups in total. The molecule has 7 nitrogen and oxygen atoms in total. The zero-order valence-corrected chi connectivity index (χ0v) is 13.1. The monoisotopic (exact) mass is 326 g/mol. The Hall–Kier alpha value is -2.64. The number of hydrogen-bond acceptors (Lipinski definition) is 5. The van der Waals surface area contributed by atoms with Gasteiger partial charge >= 0.3 is 0 Å². The average molecular weight is 326 g/mol. The maximum absolute atomic E-state index is 12.0. The summed E-state index contributed by atoms with van der Waals surface area (Å²) in [6, 6.07) is 8.93. The second-order valence-corrected chi connectivity index (χ2v) is 5.74. The summed E-state index contributed by atoms with van der Waals surface area (Å²) in [6.07, 6.45) is 1.48. The smallest absolute Gasteiger partial charge is 0.291 e. The minimum Gasteiger partial charge on any atom is -0.459 e. The summed E-state index contributed by atoms with van der Waals surface area (Å²) < 4.78 is 10.5. The number of rotatable bonds is 4. The van der Waals surface area contributed by atoms with Gasteiger partial charge in [0.2, 0.25) is 0 Å². The zero-order valence-electron chi connectivity index (χ0n) is 13.1. The topological polar surface area (TPSA) is 83.4 Å². The molecule has 1 aliphatic heterocycles. The lowest BCUT2D eigenvalue weighted by molar-refractivity contribution is 0.0332. The van der Waals surface area contributed by atoms with Crippen molar-refractivity contribution >= 4 is 22.6 Å². The maximum Gasteiger partial charge on any atom is 0.291 e. The molecule has 0 atom stereocenters. The van der Waals surface area contributed by atoms with Crippen molar-refractivity contribution in [2.75, 3.05) is 31.6 Å². The largest absolute Gasteiger partial charge is 0.459 e. The van der Waals surface area contributed by atoms with Gasteiger partial charge in [-0.15, -0.1) is 0 Å². The number of aromatic amines is 1. The number of nitrogens with one attached hydrogen (secondary N) is 2. The standard InChI is InChI=1S/C17H18N4O3/c22-17(15-2-1-7-24-15)18-12-3-4-13-14(10-12)20-16(19-13)11-21-5-8-23-9-6-21/h1-4,7,10H,5-6,8-9,11H2,(H,18,22)(H,19,20). The fourth-order valence-corrected chi connectivity index (χ4v) is 2.79. The summed E-state index contributed by atoms with van der Waals surface area (Å²) in [7, 11) is 0. The minimum absolute atomic E-state index is 0.271. The van der Waals surface area contributed by atoms with E-state index in [9.17, 15) is 4.79 Å². The van der Waals surface area contributed by atoms with Gasteiger partial charge in [-0.25, -0.2) is 4.98 Å². The van der Waals surface area contributed by atoms with Crippen LogP contribution in [-0.4, -0.2) is 47.1 Å². The highest BCUT2D eigenvalue weighted by Crippen LogP contribution is 2.19. The summed E-state index contributed by atoms with van der Waals surface area (Å²) >= 11 is 0. The van der Waals surface area contributed by atoms with Crippen molar-refractivity contribution in [1.29, 1.82) is 0 Å². The van der Waals surface area contributed by atoms with E-state index in [0.717, 1.165) is 49.7 Å². The molecule has 1 amide bonds. The Morgan fingerprint density at radius 3 is 2.96 bits per heavy atom. The number of morpholine rings is 1. The molecule has 0 aliphatic carbocycles. The number of benzene rings is 1. The van der Waals surface area contributed by atoms with Crippen LogP contribution in [0.3, 0.4) is 0 Å². The SMILES string of the molecule is O=C(Nc1ccc2nc(CN3CCOCC3)[nH]c2c1)c1ccco1. The molecular weight excluding hydrogens is 308 g/mol. The number of amides is 1. The van der Waals surface area contributed by atoms with Crippen LogP contribution in [0.5, 0.6) is 0 Å². The molecule has 3 aromatic rings. The van der Waals surface area contributed by atoms with Gasteiger partial charge in [0.25, 0.3) is 5.91 Å². The second kappa shape index (κ2) is 6.46. The first-order chi connectivity index (χ1) is 11.8. The Balaban J connectivity index is 1.49. The quantitative estimate of drug-likeness (QED) is 0.768. The number of carbonyl (C=O) groups excluding carboxylic acids is 1. The van der Waals surface area contributed by atoms with Gasteiger partial charge in [-0.3, -0.25) is 9.69 Å². The lowest BCUT2D eigenvalue weighted by atomic mass is 10.2. The highest BCUT2D eigenvalue weighted by atomic mass is 16.5. The van der Waals surface area contributed by atoms with Gasteiger partial charge in [0.05, 0.1) is 37.1 Å². The highest BCUT2D eigenvalue weighted by molar-refractivity contribution is 6.03.